The topological polar surface area (TPSA) is 124 Å². The van der Waals surface area contributed by atoms with Gasteiger partial charge in [-0.2, -0.15) is 0 Å². The van der Waals surface area contributed by atoms with Gasteiger partial charge in [-0.3, -0.25) is 0 Å². The van der Waals surface area contributed by atoms with Gasteiger partial charge in [0.05, 0.1) is 16.4 Å². The first-order valence-electron chi connectivity index (χ1n) is 12.3. The van der Waals surface area contributed by atoms with E-state index in [1.54, 1.807) is 31.4 Å². The third kappa shape index (κ3) is 5.89. The first kappa shape index (κ1) is 17.7. The number of hydrogen-bond donors (Lipinski definition) is 3. The molecule has 0 spiro atoms. The second-order valence-electron chi connectivity index (χ2n) is 7.03. The maximum atomic E-state index is 11.8. The molecule has 1 fully saturated rings. The molecule has 5 atom stereocenters. The lowest BCUT2D eigenvalue weighted by atomic mass is 9.99. The van der Waals surface area contributed by atoms with Gasteiger partial charge in [-0.15, -0.1) is 0 Å². The van der Waals surface area contributed by atoms with E-state index in [4.69, 9.17) is 25.8 Å². The van der Waals surface area contributed by atoms with Crippen molar-refractivity contribution in [3.8, 4) is 11.5 Å². The van der Waals surface area contributed by atoms with Crippen molar-refractivity contribution in [2.75, 3.05) is 20.3 Å². The lowest BCUT2D eigenvalue weighted by molar-refractivity contribution is -0.278. The molecule has 0 amide bonds. The Kier molecular flexibility index (Phi) is 6.16. The molecule has 3 rings (SSSR count). The normalized spacial score (nSPS) is 28.2. The molecule has 32 heavy (non-hydrogen) atoms. The van der Waals surface area contributed by atoms with E-state index in [1.165, 1.54) is 0 Å². The highest BCUT2D eigenvalue weighted by Crippen LogP contribution is 2.28. The molecule has 3 N–H and O–H groups in total. The maximum absolute atomic E-state index is 11.8. The standard InChI is InChI=1S/C23H28O9/c1-3-29-23(27)30-13-18-19(24)20(25)21(26)22(32-18)31-17-7-5-4-6-15(17)12-14-8-10-16(28-2)11-9-14/h4-11,18-22,24-26H,3,12-13H2,1-2H3/t18-,19-,20+,21-,22-/m1/s1/i1D3,3D2. The molecule has 1 saturated heterocycles. The Labute approximate surface area is 193 Å². The molecular formula is C23H28O9. The van der Waals surface area contributed by atoms with Crippen molar-refractivity contribution in [3.63, 3.8) is 0 Å². The maximum Gasteiger partial charge on any atom is 0.508 e. The number of methoxy groups -OCH3 is 1. The van der Waals surface area contributed by atoms with E-state index in [-0.39, 0.29) is 0 Å². The fourth-order valence-corrected chi connectivity index (χ4v) is 3.23. The number of para-hydroxylation sites is 1. The van der Waals surface area contributed by atoms with Crippen molar-refractivity contribution in [1.29, 1.82) is 0 Å². The van der Waals surface area contributed by atoms with Crippen LogP contribution in [0.3, 0.4) is 0 Å². The molecule has 0 unspecified atom stereocenters. The lowest BCUT2D eigenvalue weighted by Gasteiger charge is -2.40. The molecule has 1 aliphatic heterocycles. The zero-order chi connectivity index (χ0) is 27.4. The van der Waals surface area contributed by atoms with Gasteiger partial charge in [0.15, 0.2) is 0 Å². The summed E-state index contributed by atoms with van der Waals surface area (Å²) in [6, 6.07) is 14.3. The minimum absolute atomic E-state index is 0.330. The molecule has 0 aromatic heterocycles. The van der Waals surface area contributed by atoms with Gasteiger partial charge < -0.3 is 39.0 Å². The average Bonchev–Trinajstić information content (AvgIpc) is 2.84. The molecule has 0 aliphatic carbocycles. The fraction of sp³-hybridized carbons (Fsp3) is 0.435. The minimum atomic E-state index is -3.31. The summed E-state index contributed by atoms with van der Waals surface area (Å²) in [6.45, 7) is -7.33. The quantitative estimate of drug-likeness (QED) is 0.512. The molecule has 0 saturated carbocycles. The molecule has 174 valence electrons. The van der Waals surface area contributed by atoms with E-state index in [9.17, 15) is 20.1 Å². The van der Waals surface area contributed by atoms with E-state index < -0.39 is 56.9 Å². The van der Waals surface area contributed by atoms with Crippen molar-refractivity contribution in [2.24, 2.45) is 0 Å². The van der Waals surface area contributed by atoms with Crippen LogP contribution in [0.2, 0.25) is 0 Å². The highest BCUT2D eigenvalue weighted by molar-refractivity contribution is 5.59. The van der Waals surface area contributed by atoms with Gasteiger partial charge in [0.25, 0.3) is 0 Å². The second-order valence-corrected chi connectivity index (χ2v) is 7.03. The SMILES string of the molecule is [2H]C([2H])([2H])C([2H])([2H])OC(=O)OC[C@H]1O[C@@H](Oc2ccccc2Cc2ccc(OC)cc2)[C@H](O)[C@@H](O)[C@@H]1O. The fourth-order valence-electron chi connectivity index (χ4n) is 3.23. The van der Waals surface area contributed by atoms with E-state index >= 15 is 0 Å². The highest BCUT2D eigenvalue weighted by atomic mass is 16.7. The Morgan fingerprint density at radius 1 is 1.06 bits per heavy atom. The van der Waals surface area contributed by atoms with Gasteiger partial charge in [0.2, 0.25) is 6.29 Å². The van der Waals surface area contributed by atoms with Crippen LogP contribution in [0.5, 0.6) is 11.5 Å². The van der Waals surface area contributed by atoms with Crippen molar-refractivity contribution in [1.82, 2.24) is 0 Å². The van der Waals surface area contributed by atoms with Gasteiger partial charge in [0.1, 0.15) is 42.5 Å². The zero-order valence-corrected chi connectivity index (χ0v) is 17.2. The average molecular weight is 453 g/mol. The van der Waals surface area contributed by atoms with Crippen molar-refractivity contribution >= 4 is 6.16 Å². The summed E-state index contributed by atoms with van der Waals surface area (Å²) in [7, 11) is 1.56. The van der Waals surface area contributed by atoms with E-state index in [2.05, 4.69) is 4.74 Å². The van der Waals surface area contributed by atoms with Crippen LogP contribution in [0.25, 0.3) is 0 Å². The highest BCUT2D eigenvalue weighted by Gasteiger charge is 2.45. The molecule has 9 nitrogen and oxygen atoms in total. The van der Waals surface area contributed by atoms with E-state index in [0.29, 0.717) is 17.9 Å². The van der Waals surface area contributed by atoms with Crippen LogP contribution < -0.4 is 9.47 Å². The van der Waals surface area contributed by atoms with E-state index in [0.717, 1.165) is 11.1 Å². The van der Waals surface area contributed by atoms with Gasteiger partial charge >= 0.3 is 6.16 Å². The van der Waals surface area contributed by atoms with E-state index in [1.807, 2.05) is 24.3 Å². The summed E-state index contributed by atoms with van der Waals surface area (Å²) in [5.41, 5.74) is 1.67. The zero-order valence-electron chi connectivity index (χ0n) is 22.2. The van der Waals surface area contributed by atoms with Crippen LogP contribution in [-0.4, -0.2) is 72.5 Å². The van der Waals surface area contributed by atoms with Gasteiger partial charge in [-0.1, -0.05) is 30.3 Å². The molecule has 0 bridgehead atoms. The predicted octanol–water partition coefficient (Wildman–Crippen LogP) is 1.65. The summed E-state index contributed by atoms with van der Waals surface area (Å²) in [4.78, 5) is 11.8. The first-order chi connectivity index (χ1) is 17.3. The van der Waals surface area contributed by atoms with Crippen LogP contribution in [0, 0.1) is 0 Å². The lowest BCUT2D eigenvalue weighted by Crippen LogP contribution is -2.60. The molecule has 9 heteroatoms. The third-order valence-corrected chi connectivity index (χ3v) is 4.94. The minimum Gasteiger partial charge on any atom is -0.497 e. The smallest absolute Gasteiger partial charge is 0.497 e. The van der Waals surface area contributed by atoms with Gasteiger partial charge in [-0.25, -0.2) is 4.79 Å². The van der Waals surface area contributed by atoms with Crippen LogP contribution in [0.4, 0.5) is 4.79 Å². The number of rotatable bonds is 8. The molecule has 2 aromatic carbocycles. The molecule has 0 radical (unpaired) electrons. The number of ether oxygens (including phenoxy) is 5. The number of aliphatic hydroxyl groups excluding tert-OH is 3. The Hall–Kier alpha value is -2.85. The third-order valence-electron chi connectivity index (χ3n) is 4.94. The number of carbonyl (C=O) groups is 1. The Morgan fingerprint density at radius 3 is 2.53 bits per heavy atom. The summed E-state index contributed by atoms with van der Waals surface area (Å²) < 4.78 is 61.2. The second kappa shape index (κ2) is 11.1. The van der Waals surface area contributed by atoms with Gasteiger partial charge in [0, 0.05) is 10.5 Å². The Bertz CT molecular complexity index is 1050. The number of carbonyl (C=O) groups excluding carboxylic acids is 1. The molecule has 2 aromatic rings. The Balaban J connectivity index is 1.68. The summed E-state index contributed by atoms with van der Waals surface area (Å²) in [5.74, 6) is 1.03. The largest absolute Gasteiger partial charge is 0.508 e. The van der Waals surface area contributed by atoms with Crippen molar-refractivity contribution < 1.29 is 50.7 Å². The summed E-state index contributed by atoms with van der Waals surface area (Å²) in [6.07, 6.45) is -9.23. The predicted molar refractivity (Wildman–Crippen MR) is 113 cm³/mol. The van der Waals surface area contributed by atoms with Gasteiger partial charge in [-0.05, 0) is 36.2 Å². The van der Waals surface area contributed by atoms with Crippen LogP contribution in [0.15, 0.2) is 48.5 Å². The summed E-state index contributed by atoms with van der Waals surface area (Å²) in [5, 5.41) is 31.0. The summed E-state index contributed by atoms with van der Waals surface area (Å²) >= 11 is 0. The van der Waals surface area contributed by atoms with Crippen molar-refractivity contribution in [3.05, 3.63) is 59.7 Å². The van der Waals surface area contributed by atoms with Crippen LogP contribution >= 0.6 is 0 Å². The van der Waals surface area contributed by atoms with Crippen LogP contribution in [-0.2, 0) is 20.6 Å². The molecule has 1 heterocycles. The number of benzene rings is 2. The van der Waals surface area contributed by atoms with Crippen LogP contribution in [0.1, 0.15) is 24.8 Å². The monoisotopic (exact) mass is 453 g/mol. The first-order valence-corrected chi connectivity index (χ1v) is 9.75. The number of hydrogen-bond acceptors (Lipinski definition) is 9. The number of aliphatic hydroxyl groups is 3. The van der Waals surface area contributed by atoms with Crippen molar-refractivity contribution in [2.45, 2.75) is 44.0 Å². The molecule has 1 aliphatic rings. The molecular weight excluding hydrogens is 420 g/mol. The Morgan fingerprint density at radius 2 is 1.81 bits per heavy atom.